The molecule has 10 nitrogen and oxygen atoms in total. The molecular formula is C22H31N3O7S2. The molecule has 0 saturated carbocycles. The number of aliphatic hydroxyl groups is 1. The van der Waals surface area contributed by atoms with Crippen molar-refractivity contribution in [3.63, 3.8) is 0 Å². The molecule has 1 amide bonds. The van der Waals surface area contributed by atoms with Crippen molar-refractivity contribution in [1.29, 1.82) is 0 Å². The van der Waals surface area contributed by atoms with E-state index in [-0.39, 0.29) is 28.8 Å². The Bertz CT molecular complexity index is 924. The van der Waals surface area contributed by atoms with Crippen LogP contribution in [0.3, 0.4) is 0 Å². The van der Waals surface area contributed by atoms with Crippen molar-refractivity contribution in [3.8, 4) is 0 Å². The molecular weight excluding hydrogens is 482 g/mol. The van der Waals surface area contributed by atoms with Gasteiger partial charge in [0.2, 0.25) is 12.7 Å². The highest BCUT2D eigenvalue weighted by Gasteiger charge is 2.60. The number of fused-ring (bicyclic) bond motifs is 1. The van der Waals surface area contributed by atoms with Crippen molar-refractivity contribution < 1.29 is 33.7 Å². The van der Waals surface area contributed by atoms with Gasteiger partial charge in [-0.25, -0.2) is 9.59 Å². The number of amides is 1. The van der Waals surface area contributed by atoms with Gasteiger partial charge in [-0.15, -0.1) is 11.8 Å². The highest BCUT2D eigenvalue weighted by Crippen LogP contribution is 2.52. The number of aliphatic hydroxyl groups excluding tert-OH is 1. The Morgan fingerprint density at radius 3 is 2.59 bits per heavy atom. The number of aliphatic imine (C=N–C) groups is 1. The van der Waals surface area contributed by atoms with Gasteiger partial charge in [0.15, 0.2) is 5.17 Å². The number of carbonyl (C=O) groups is 3. The molecule has 0 aromatic carbocycles. The van der Waals surface area contributed by atoms with E-state index < -0.39 is 36.5 Å². The predicted molar refractivity (Wildman–Crippen MR) is 128 cm³/mol. The molecule has 0 aliphatic carbocycles. The molecule has 4 atom stereocenters. The molecule has 0 bridgehead atoms. The van der Waals surface area contributed by atoms with Crippen molar-refractivity contribution in [2.24, 2.45) is 16.8 Å². The SMILES string of the molecule is C[C@@H](O)[C@H]1C(=O)N2C(C(=O)OCOC(=O)OC(C)(C)C)=C(SC3CN(C4=NCCS4)C3)[C@H](C)[C@H]12. The van der Waals surface area contributed by atoms with Gasteiger partial charge in [0.25, 0.3) is 0 Å². The summed E-state index contributed by atoms with van der Waals surface area (Å²) in [6.07, 6.45) is -1.76. The number of amidine groups is 1. The number of rotatable bonds is 6. The second kappa shape index (κ2) is 9.62. The van der Waals surface area contributed by atoms with Gasteiger partial charge in [-0.2, -0.15) is 0 Å². The standard InChI is InChI=1S/C22H31N3O7S2/c1-11-15-14(12(2)26)18(27)25(15)16(19(28)30-10-31-21(29)32-22(3,4)5)17(11)34-13-8-24(9-13)20-23-6-7-33-20/h11-15,26H,6-10H2,1-5H3/t11-,12-,14-,15-/m1/s1. The number of esters is 1. The average molecular weight is 514 g/mol. The first kappa shape index (κ1) is 25.2. The number of nitrogens with zero attached hydrogens (tertiary/aromatic N) is 3. The van der Waals surface area contributed by atoms with Crippen LogP contribution in [0, 0.1) is 11.8 Å². The smallest absolute Gasteiger partial charge is 0.428 e. The molecule has 4 heterocycles. The second-order valence-corrected chi connectivity index (χ2v) is 12.2. The van der Waals surface area contributed by atoms with Gasteiger partial charge in [0, 0.05) is 34.9 Å². The first-order valence-corrected chi connectivity index (χ1v) is 13.2. The number of ether oxygens (including phenoxy) is 3. The van der Waals surface area contributed by atoms with Gasteiger partial charge in [-0.1, -0.05) is 18.7 Å². The van der Waals surface area contributed by atoms with Crippen molar-refractivity contribution in [3.05, 3.63) is 10.6 Å². The normalized spacial score (nSPS) is 27.6. The summed E-state index contributed by atoms with van der Waals surface area (Å²) < 4.78 is 15.1. The lowest BCUT2D eigenvalue weighted by Crippen LogP contribution is -2.63. The summed E-state index contributed by atoms with van der Waals surface area (Å²) in [7, 11) is 0. The number of thioether (sulfide) groups is 2. The molecule has 0 spiro atoms. The van der Waals surface area contributed by atoms with Gasteiger partial charge in [-0.05, 0) is 27.7 Å². The molecule has 0 unspecified atom stereocenters. The maximum Gasteiger partial charge on any atom is 0.511 e. The Morgan fingerprint density at radius 1 is 1.29 bits per heavy atom. The first-order chi connectivity index (χ1) is 16.0. The van der Waals surface area contributed by atoms with E-state index in [1.54, 1.807) is 51.2 Å². The zero-order valence-electron chi connectivity index (χ0n) is 20.0. The molecule has 4 aliphatic heterocycles. The molecule has 0 radical (unpaired) electrons. The summed E-state index contributed by atoms with van der Waals surface area (Å²) in [6.45, 7) is 10.5. The number of likely N-dealkylation sites (tertiary alicyclic amines) is 1. The minimum atomic E-state index is -0.946. The van der Waals surface area contributed by atoms with Gasteiger partial charge in [-0.3, -0.25) is 9.79 Å². The summed E-state index contributed by atoms with van der Waals surface area (Å²) in [5.74, 6) is -0.703. The van der Waals surface area contributed by atoms with Crippen molar-refractivity contribution >= 4 is 46.7 Å². The monoisotopic (exact) mass is 513 g/mol. The zero-order chi connectivity index (χ0) is 24.8. The minimum absolute atomic E-state index is 0.121. The molecule has 0 aromatic heterocycles. The van der Waals surface area contributed by atoms with Gasteiger partial charge in [0.05, 0.1) is 24.6 Å². The maximum atomic E-state index is 13.0. The molecule has 0 aromatic rings. The van der Waals surface area contributed by atoms with Gasteiger partial charge in [0.1, 0.15) is 11.3 Å². The van der Waals surface area contributed by atoms with Crippen LogP contribution in [0.4, 0.5) is 4.79 Å². The van der Waals surface area contributed by atoms with Crippen molar-refractivity contribution in [2.45, 2.75) is 57.6 Å². The first-order valence-electron chi connectivity index (χ1n) is 11.3. The van der Waals surface area contributed by atoms with Crippen LogP contribution in [0.2, 0.25) is 0 Å². The molecule has 2 saturated heterocycles. The summed E-state index contributed by atoms with van der Waals surface area (Å²) >= 11 is 3.33. The lowest BCUT2D eigenvalue weighted by atomic mass is 9.79. The Kier molecular flexibility index (Phi) is 7.12. The molecule has 34 heavy (non-hydrogen) atoms. The third-order valence-corrected chi connectivity index (χ3v) is 8.52. The molecule has 2 fully saturated rings. The average Bonchev–Trinajstić information content (AvgIpc) is 3.28. The fourth-order valence-corrected chi connectivity index (χ4v) is 6.91. The van der Waals surface area contributed by atoms with Crippen molar-refractivity contribution in [1.82, 2.24) is 9.80 Å². The van der Waals surface area contributed by atoms with Gasteiger partial charge >= 0.3 is 12.1 Å². The number of carbonyl (C=O) groups excluding carboxylic acids is 3. The molecule has 188 valence electrons. The van der Waals surface area contributed by atoms with Crippen LogP contribution in [0.25, 0.3) is 0 Å². The van der Waals surface area contributed by atoms with E-state index >= 15 is 0 Å². The number of hydrogen-bond donors (Lipinski definition) is 1. The summed E-state index contributed by atoms with van der Waals surface area (Å²) in [5, 5.41) is 11.4. The van der Waals surface area contributed by atoms with Crippen LogP contribution in [-0.4, -0.2) is 93.3 Å². The number of hydrogen-bond acceptors (Lipinski definition) is 11. The Labute approximate surface area is 207 Å². The van der Waals surface area contributed by atoms with Crippen LogP contribution < -0.4 is 0 Å². The van der Waals surface area contributed by atoms with E-state index in [1.165, 1.54) is 4.90 Å². The largest absolute Gasteiger partial charge is 0.511 e. The van der Waals surface area contributed by atoms with Crippen LogP contribution in [0.1, 0.15) is 34.6 Å². The van der Waals surface area contributed by atoms with Crippen LogP contribution >= 0.6 is 23.5 Å². The quantitative estimate of drug-likeness (QED) is 0.321. The second-order valence-electron chi connectivity index (χ2n) is 9.78. The lowest BCUT2D eigenvalue weighted by Gasteiger charge is -2.46. The zero-order valence-corrected chi connectivity index (χ0v) is 21.6. The Hall–Kier alpha value is -1.92. The summed E-state index contributed by atoms with van der Waals surface area (Å²) in [4.78, 5) is 46.5. The molecule has 4 rings (SSSR count). The highest BCUT2D eigenvalue weighted by molar-refractivity contribution is 8.14. The number of β-lactam (4-membered cyclic amide) rings is 1. The van der Waals surface area contributed by atoms with Gasteiger partial charge < -0.3 is 29.1 Å². The summed E-state index contributed by atoms with van der Waals surface area (Å²) in [5.41, 5.74) is -0.552. The maximum absolute atomic E-state index is 13.0. The summed E-state index contributed by atoms with van der Waals surface area (Å²) in [6, 6.07) is -0.296. The predicted octanol–water partition coefficient (Wildman–Crippen LogP) is 2.03. The topological polar surface area (TPSA) is 118 Å². The lowest BCUT2D eigenvalue weighted by molar-refractivity contribution is -0.167. The van der Waals surface area contributed by atoms with Crippen LogP contribution in [0.5, 0.6) is 0 Å². The third-order valence-electron chi connectivity index (χ3n) is 6.04. The highest BCUT2D eigenvalue weighted by atomic mass is 32.2. The van der Waals surface area contributed by atoms with E-state index in [1.807, 2.05) is 6.92 Å². The fraction of sp³-hybridized carbons (Fsp3) is 0.727. The van der Waals surface area contributed by atoms with E-state index in [0.29, 0.717) is 0 Å². The van der Waals surface area contributed by atoms with Crippen LogP contribution in [-0.2, 0) is 23.8 Å². The van der Waals surface area contributed by atoms with E-state index in [9.17, 15) is 19.5 Å². The molecule has 12 heteroatoms. The third kappa shape index (κ3) is 4.90. The van der Waals surface area contributed by atoms with Crippen molar-refractivity contribution in [2.75, 3.05) is 32.2 Å². The Balaban J connectivity index is 1.44. The van der Waals surface area contributed by atoms with E-state index in [4.69, 9.17) is 14.2 Å². The van der Waals surface area contributed by atoms with Crippen LogP contribution in [0.15, 0.2) is 15.6 Å². The van der Waals surface area contributed by atoms with E-state index in [2.05, 4.69) is 9.89 Å². The fourth-order valence-electron chi connectivity index (χ4n) is 4.51. The van der Waals surface area contributed by atoms with E-state index in [0.717, 1.165) is 35.5 Å². The Morgan fingerprint density at radius 2 is 2.00 bits per heavy atom. The minimum Gasteiger partial charge on any atom is -0.428 e. The molecule has 4 aliphatic rings. The molecule has 1 N–H and O–H groups in total.